The standard InChI is InChI=1S/C22H29F2N3O3/c1-4-11-29-15-17-8-6-5-7-16(17)13-26-22(25-2)27-14-18-12-19(28-3)9-10-20(18)30-21(23)24/h5-10,12,21H,4,11,13-15H2,1-3H3,(H2,25,26,27). The number of alkyl halides is 2. The van der Waals surface area contributed by atoms with Crippen molar-refractivity contribution in [2.24, 2.45) is 4.99 Å². The van der Waals surface area contributed by atoms with Gasteiger partial charge in [0.2, 0.25) is 0 Å². The molecular formula is C22H29F2N3O3. The molecule has 0 radical (unpaired) electrons. The Balaban J connectivity index is 1.99. The zero-order valence-electron chi connectivity index (χ0n) is 17.6. The quantitative estimate of drug-likeness (QED) is 0.325. The van der Waals surface area contributed by atoms with E-state index in [1.165, 1.54) is 13.2 Å². The summed E-state index contributed by atoms with van der Waals surface area (Å²) < 4.78 is 40.8. The van der Waals surface area contributed by atoms with Crippen LogP contribution in [0.1, 0.15) is 30.0 Å². The molecule has 0 fully saturated rings. The van der Waals surface area contributed by atoms with Crippen molar-refractivity contribution < 1.29 is 23.0 Å². The van der Waals surface area contributed by atoms with Gasteiger partial charge in [0.25, 0.3) is 0 Å². The average molecular weight is 421 g/mol. The molecule has 0 amide bonds. The average Bonchev–Trinajstić information content (AvgIpc) is 2.75. The minimum Gasteiger partial charge on any atom is -0.497 e. The third kappa shape index (κ3) is 7.51. The Hall–Kier alpha value is -2.87. The molecule has 164 valence electrons. The van der Waals surface area contributed by atoms with Crippen molar-refractivity contribution in [2.75, 3.05) is 20.8 Å². The van der Waals surface area contributed by atoms with Crippen molar-refractivity contribution in [3.63, 3.8) is 0 Å². The molecule has 0 bridgehead atoms. The van der Waals surface area contributed by atoms with Gasteiger partial charge in [-0.1, -0.05) is 31.2 Å². The Bertz CT molecular complexity index is 816. The maximum atomic E-state index is 12.7. The number of guanidine groups is 1. The molecule has 0 heterocycles. The molecule has 8 heteroatoms. The number of halogens is 2. The first-order valence-electron chi connectivity index (χ1n) is 9.78. The summed E-state index contributed by atoms with van der Waals surface area (Å²) in [6.45, 7) is 1.22. The molecule has 2 rings (SSSR count). The first-order valence-corrected chi connectivity index (χ1v) is 9.78. The highest BCUT2D eigenvalue weighted by atomic mass is 19.3. The molecule has 0 aromatic heterocycles. The first-order chi connectivity index (χ1) is 14.6. The van der Waals surface area contributed by atoms with Gasteiger partial charge in [-0.3, -0.25) is 4.99 Å². The van der Waals surface area contributed by atoms with E-state index >= 15 is 0 Å². The summed E-state index contributed by atoms with van der Waals surface area (Å²) in [7, 11) is 3.16. The third-order valence-corrected chi connectivity index (χ3v) is 4.32. The summed E-state index contributed by atoms with van der Waals surface area (Å²) in [6, 6.07) is 12.7. The van der Waals surface area contributed by atoms with E-state index in [4.69, 9.17) is 9.47 Å². The van der Waals surface area contributed by atoms with Crippen molar-refractivity contribution in [3.05, 3.63) is 59.2 Å². The van der Waals surface area contributed by atoms with Crippen LogP contribution in [-0.2, 0) is 24.4 Å². The van der Waals surface area contributed by atoms with Gasteiger partial charge in [-0.25, -0.2) is 0 Å². The van der Waals surface area contributed by atoms with Crippen LogP contribution < -0.4 is 20.1 Å². The van der Waals surface area contributed by atoms with Gasteiger partial charge < -0.3 is 24.8 Å². The van der Waals surface area contributed by atoms with Gasteiger partial charge in [-0.05, 0) is 35.7 Å². The Labute approximate surface area is 176 Å². The number of benzene rings is 2. The maximum Gasteiger partial charge on any atom is 0.387 e. The number of hydrogen-bond acceptors (Lipinski definition) is 4. The number of rotatable bonds is 11. The largest absolute Gasteiger partial charge is 0.497 e. The molecule has 0 atom stereocenters. The van der Waals surface area contributed by atoms with Crippen LogP contribution in [0.15, 0.2) is 47.5 Å². The van der Waals surface area contributed by atoms with Gasteiger partial charge >= 0.3 is 6.61 Å². The molecule has 2 N–H and O–H groups in total. The predicted octanol–water partition coefficient (Wildman–Crippen LogP) is 4.09. The van der Waals surface area contributed by atoms with Gasteiger partial charge in [-0.15, -0.1) is 0 Å². The van der Waals surface area contributed by atoms with Crippen LogP contribution >= 0.6 is 0 Å². The van der Waals surface area contributed by atoms with Crippen molar-refractivity contribution in [1.29, 1.82) is 0 Å². The summed E-state index contributed by atoms with van der Waals surface area (Å²) in [6.07, 6.45) is 0.971. The number of hydrogen-bond donors (Lipinski definition) is 2. The second-order valence-electron chi connectivity index (χ2n) is 6.45. The van der Waals surface area contributed by atoms with E-state index < -0.39 is 6.61 Å². The van der Waals surface area contributed by atoms with E-state index in [0.717, 1.165) is 17.5 Å². The van der Waals surface area contributed by atoms with Gasteiger partial charge in [0, 0.05) is 32.3 Å². The molecule has 6 nitrogen and oxygen atoms in total. The highest BCUT2D eigenvalue weighted by molar-refractivity contribution is 5.79. The molecular weight excluding hydrogens is 392 g/mol. The highest BCUT2D eigenvalue weighted by Gasteiger charge is 2.12. The molecule has 0 unspecified atom stereocenters. The molecule has 0 aliphatic heterocycles. The number of aliphatic imine (C=N–C) groups is 1. The summed E-state index contributed by atoms with van der Waals surface area (Å²) in [5.41, 5.74) is 2.74. The lowest BCUT2D eigenvalue weighted by atomic mass is 10.1. The summed E-state index contributed by atoms with van der Waals surface area (Å²) in [4.78, 5) is 4.20. The van der Waals surface area contributed by atoms with Crippen LogP contribution in [0, 0.1) is 0 Å². The fraction of sp³-hybridized carbons (Fsp3) is 0.409. The molecule has 0 aliphatic carbocycles. The van der Waals surface area contributed by atoms with E-state index in [-0.39, 0.29) is 12.3 Å². The van der Waals surface area contributed by atoms with Crippen molar-refractivity contribution in [2.45, 2.75) is 39.7 Å². The number of ether oxygens (including phenoxy) is 3. The lowest BCUT2D eigenvalue weighted by molar-refractivity contribution is -0.0505. The maximum absolute atomic E-state index is 12.7. The van der Waals surface area contributed by atoms with Crippen molar-refractivity contribution in [3.8, 4) is 11.5 Å². The van der Waals surface area contributed by atoms with Gasteiger partial charge in [-0.2, -0.15) is 8.78 Å². The highest BCUT2D eigenvalue weighted by Crippen LogP contribution is 2.25. The first kappa shape index (κ1) is 23.4. The zero-order chi connectivity index (χ0) is 21.8. The molecule has 30 heavy (non-hydrogen) atoms. The summed E-state index contributed by atoms with van der Waals surface area (Å²) in [5, 5.41) is 6.36. The van der Waals surface area contributed by atoms with Crippen LogP contribution in [0.25, 0.3) is 0 Å². The Kier molecular flexibility index (Phi) is 9.86. The van der Waals surface area contributed by atoms with Crippen LogP contribution in [0.3, 0.4) is 0 Å². The Morgan fingerprint density at radius 2 is 1.73 bits per heavy atom. The topological polar surface area (TPSA) is 64.1 Å². The normalized spacial score (nSPS) is 11.5. The SMILES string of the molecule is CCCOCc1ccccc1CNC(=NC)NCc1cc(OC)ccc1OC(F)F. The fourth-order valence-electron chi connectivity index (χ4n) is 2.81. The molecule has 2 aromatic rings. The number of nitrogens with one attached hydrogen (secondary N) is 2. The van der Waals surface area contributed by atoms with Gasteiger partial charge in [0.15, 0.2) is 5.96 Å². The van der Waals surface area contributed by atoms with Gasteiger partial charge in [0.05, 0.1) is 13.7 Å². The minimum atomic E-state index is -2.90. The second kappa shape index (κ2) is 12.6. The van der Waals surface area contributed by atoms with Crippen molar-refractivity contribution in [1.82, 2.24) is 10.6 Å². The molecule has 0 saturated heterocycles. The third-order valence-electron chi connectivity index (χ3n) is 4.32. The van der Waals surface area contributed by atoms with Crippen LogP contribution in [0.5, 0.6) is 11.5 Å². The second-order valence-corrected chi connectivity index (χ2v) is 6.45. The van der Waals surface area contributed by atoms with E-state index in [1.807, 2.05) is 24.3 Å². The zero-order valence-corrected chi connectivity index (χ0v) is 17.6. The Morgan fingerprint density at radius 3 is 2.37 bits per heavy atom. The monoisotopic (exact) mass is 421 g/mol. The van der Waals surface area contributed by atoms with E-state index in [9.17, 15) is 8.78 Å². The lowest BCUT2D eigenvalue weighted by Gasteiger charge is -2.16. The van der Waals surface area contributed by atoms with E-state index in [2.05, 4.69) is 27.3 Å². The summed E-state index contributed by atoms with van der Waals surface area (Å²) >= 11 is 0. The summed E-state index contributed by atoms with van der Waals surface area (Å²) in [5.74, 6) is 1.18. The number of methoxy groups -OCH3 is 1. The Morgan fingerprint density at radius 1 is 1.03 bits per heavy atom. The van der Waals surface area contributed by atoms with E-state index in [1.54, 1.807) is 19.2 Å². The molecule has 0 saturated carbocycles. The molecule has 0 aliphatic rings. The molecule has 0 spiro atoms. The minimum absolute atomic E-state index is 0.0900. The van der Waals surface area contributed by atoms with Crippen LogP contribution in [0.2, 0.25) is 0 Å². The predicted molar refractivity (Wildman–Crippen MR) is 113 cm³/mol. The van der Waals surface area contributed by atoms with E-state index in [0.29, 0.717) is 37.0 Å². The van der Waals surface area contributed by atoms with Crippen LogP contribution in [0.4, 0.5) is 8.78 Å². The molecule has 2 aromatic carbocycles. The lowest BCUT2D eigenvalue weighted by Crippen LogP contribution is -2.36. The smallest absolute Gasteiger partial charge is 0.387 e. The number of nitrogens with zero attached hydrogens (tertiary/aromatic N) is 1. The fourth-order valence-corrected chi connectivity index (χ4v) is 2.81. The van der Waals surface area contributed by atoms with Gasteiger partial charge in [0.1, 0.15) is 11.5 Å². The van der Waals surface area contributed by atoms with Crippen molar-refractivity contribution >= 4 is 5.96 Å². The van der Waals surface area contributed by atoms with Crippen LogP contribution in [-0.4, -0.2) is 33.3 Å².